The van der Waals surface area contributed by atoms with E-state index in [9.17, 15) is 13.2 Å². The van der Waals surface area contributed by atoms with Crippen LogP contribution in [0.5, 0.6) is 0 Å². The number of guanidine groups is 1. The van der Waals surface area contributed by atoms with E-state index < -0.39 is 11.9 Å². The number of hydrogen-bond acceptors (Lipinski definition) is 5. The average Bonchev–Trinajstić information content (AvgIpc) is 3.10. The molecule has 1 aromatic rings. The Balaban J connectivity index is 0.00000392. The maximum Gasteiger partial charge on any atom is 0.434 e. The van der Waals surface area contributed by atoms with Crippen LogP contribution in [0.2, 0.25) is 0 Å². The van der Waals surface area contributed by atoms with Gasteiger partial charge in [0.15, 0.2) is 11.7 Å². The third-order valence-corrected chi connectivity index (χ3v) is 5.37. The monoisotopic (exact) mass is 535 g/mol. The molecule has 1 unspecified atom stereocenters. The van der Waals surface area contributed by atoms with Crippen molar-refractivity contribution in [2.24, 2.45) is 10.9 Å². The number of rotatable bonds is 7. The largest absolute Gasteiger partial charge is 0.434 e. The average molecular weight is 535 g/mol. The number of halogens is 4. The molecule has 0 aromatic carbocycles. The fourth-order valence-corrected chi connectivity index (χ4v) is 3.77. The van der Waals surface area contributed by atoms with Crippen molar-refractivity contribution in [1.82, 2.24) is 20.5 Å². The van der Waals surface area contributed by atoms with Crippen molar-refractivity contribution in [3.8, 4) is 0 Å². The Kier molecular flexibility index (Phi) is 11.0. The third kappa shape index (κ3) is 7.99. The maximum atomic E-state index is 12.6. The van der Waals surface area contributed by atoms with Gasteiger partial charge >= 0.3 is 6.18 Å². The van der Waals surface area contributed by atoms with Crippen LogP contribution >= 0.6 is 35.3 Å². The minimum atomic E-state index is -4.38. The van der Waals surface area contributed by atoms with Crippen molar-refractivity contribution in [2.45, 2.75) is 32.5 Å². The highest BCUT2D eigenvalue weighted by Crippen LogP contribution is 2.29. The minimum Gasteiger partial charge on any atom is -0.379 e. The lowest BCUT2D eigenvalue weighted by molar-refractivity contribution is -0.140. The first-order valence-electron chi connectivity index (χ1n) is 9.09. The summed E-state index contributed by atoms with van der Waals surface area (Å²) in [6.07, 6.45) is -3.97. The number of morpholine rings is 1. The van der Waals surface area contributed by atoms with E-state index in [1.54, 1.807) is 7.05 Å². The quantitative estimate of drug-likeness (QED) is 0.320. The lowest BCUT2D eigenvalue weighted by atomic mass is 10.0. The van der Waals surface area contributed by atoms with Crippen LogP contribution in [0.3, 0.4) is 0 Å². The van der Waals surface area contributed by atoms with Gasteiger partial charge in [-0.15, -0.1) is 35.3 Å². The summed E-state index contributed by atoms with van der Waals surface area (Å²) in [6.45, 7) is 8.94. The van der Waals surface area contributed by atoms with Gasteiger partial charge in [-0.1, -0.05) is 13.8 Å². The standard InChI is InChI=1S/C17H28F3N5OS.HI/c1-12(2)13(25-6-8-26-9-7-25)10-23-16(21-3)22-5-4-15-24-14(11-27-15)17(18,19)20;/h11-13H,4-10H2,1-3H3,(H2,21,22,23);1H. The molecule has 2 N–H and O–H groups in total. The van der Waals surface area contributed by atoms with Crippen molar-refractivity contribution < 1.29 is 17.9 Å². The molecule has 2 rings (SSSR count). The Hall–Kier alpha value is -0.660. The van der Waals surface area contributed by atoms with Crippen LogP contribution in [-0.2, 0) is 17.3 Å². The summed E-state index contributed by atoms with van der Waals surface area (Å²) >= 11 is 1.03. The van der Waals surface area contributed by atoms with Gasteiger partial charge < -0.3 is 15.4 Å². The highest BCUT2D eigenvalue weighted by Gasteiger charge is 2.33. The SMILES string of the molecule is CN=C(NCCc1nc(C(F)(F)F)cs1)NCC(C(C)C)N1CCOCC1.I. The molecule has 0 aliphatic carbocycles. The number of ether oxygens (including phenoxy) is 1. The van der Waals surface area contributed by atoms with Gasteiger partial charge in [-0.3, -0.25) is 9.89 Å². The van der Waals surface area contributed by atoms with Crippen molar-refractivity contribution >= 4 is 41.3 Å². The summed E-state index contributed by atoms with van der Waals surface area (Å²) in [7, 11) is 1.68. The first kappa shape index (κ1) is 25.4. The smallest absolute Gasteiger partial charge is 0.379 e. The number of nitrogens with one attached hydrogen (secondary N) is 2. The molecule has 0 amide bonds. The molecule has 1 aliphatic heterocycles. The van der Waals surface area contributed by atoms with Gasteiger partial charge in [-0.05, 0) is 5.92 Å². The van der Waals surface area contributed by atoms with Crippen molar-refractivity contribution in [2.75, 3.05) is 46.4 Å². The molecule has 1 aliphatic rings. The van der Waals surface area contributed by atoms with E-state index in [0.29, 0.717) is 35.9 Å². The van der Waals surface area contributed by atoms with Gasteiger partial charge in [0.05, 0.1) is 18.2 Å². The van der Waals surface area contributed by atoms with Crippen LogP contribution in [0, 0.1) is 5.92 Å². The Morgan fingerprint density at radius 1 is 1.32 bits per heavy atom. The highest BCUT2D eigenvalue weighted by molar-refractivity contribution is 14.0. The second-order valence-corrected chi connectivity index (χ2v) is 7.66. The molecule has 28 heavy (non-hydrogen) atoms. The number of thiazole rings is 1. The maximum absolute atomic E-state index is 12.6. The second-order valence-electron chi connectivity index (χ2n) is 6.71. The van der Waals surface area contributed by atoms with Gasteiger partial charge in [0, 0.05) is 51.1 Å². The lowest BCUT2D eigenvalue weighted by Gasteiger charge is -2.37. The molecule has 162 valence electrons. The van der Waals surface area contributed by atoms with Crippen LogP contribution in [-0.4, -0.2) is 68.3 Å². The summed E-state index contributed by atoms with van der Waals surface area (Å²) in [5, 5.41) is 7.98. The van der Waals surface area contributed by atoms with Crippen LogP contribution in [0.25, 0.3) is 0 Å². The van der Waals surface area contributed by atoms with Crippen LogP contribution in [0.15, 0.2) is 10.4 Å². The second kappa shape index (κ2) is 12.1. The molecular formula is C17H29F3IN5OS. The molecule has 1 fully saturated rings. The molecule has 11 heteroatoms. The Morgan fingerprint density at radius 3 is 2.54 bits per heavy atom. The zero-order valence-electron chi connectivity index (χ0n) is 16.4. The minimum absolute atomic E-state index is 0. The Bertz CT molecular complexity index is 606. The zero-order valence-corrected chi connectivity index (χ0v) is 19.5. The van der Waals surface area contributed by atoms with Crippen molar-refractivity contribution in [1.29, 1.82) is 0 Å². The van der Waals surface area contributed by atoms with Crippen LogP contribution in [0.4, 0.5) is 13.2 Å². The molecule has 0 radical (unpaired) electrons. The Morgan fingerprint density at radius 2 is 2.00 bits per heavy atom. The molecule has 0 saturated carbocycles. The van der Waals surface area contributed by atoms with E-state index in [-0.39, 0.29) is 24.0 Å². The van der Waals surface area contributed by atoms with E-state index in [2.05, 4.69) is 39.4 Å². The van der Waals surface area contributed by atoms with E-state index in [1.165, 1.54) is 0 Å². The van der Waals surface area contributed by atoms with E-state index in [1.807, 2.05) is 0 Å². The van der Waals surface area contributed by atoms with Crippen molar-refractivity contribution in [3.05, 3.63) is 16.1 Å². The molecule has 6 nitrogen and oxygen atoms in total. The van der Waals surface area contributed by atoms with Gasteiger partial charge in [-0.25, -0.2) is 4.98 Å². The number of aromatic nitrogens is 1. The molecule has 1 atom stereocenters. The van der Waals surface area contributed by atoms with Gasteiger partial charge in [0.25, 0.3) is 0 Å². The summed E-state index contributed by atoms with van der Waals surface area (Å²) in [5.74, 6) is 1.12. The fourth-order valence-electron chi connectivity index (χ4n) is 2.96. The number of alkyl halides is 3. The fraction of sp³-hybridized carbons (Fsp3) is 0.765. The van der Waals surface area contributed by atoms with E-state index >= 15 is 0 Å². The summed E-state index contributed by atoms with van der Waals surface area (Å²) in [6, 6.07) is 0.362. The summed E-state index contributed by atoms with van der Waals surface area (Å²) in [4.78, 5) is 10.3. The normalized spacial score (nSPS) is 17.3. The Labute approximate surface area is 185 Å². The molecular weight excluding hydrogens is 506 g/mol. The summed E-state index contributed by atoms with van der Waals surface area (Å²) < 4.78 is 43.2. The predicted molar refractivity (Wildman–Crippen MR) is 117 cm³/mol. The lowest BCUT2D eigenvalue weighted by Crippen LogP contribution is -2.52. The van der Waals surface area contributed by atoms with E-state index in [4.69, 9.17) is 4.74 Å². The molecule has 2 heterocycles. The van der Waals surface area contributed by atoms with Gasteiger partial charge in [-0.2, -0.15) is 13.2 Å². The first-order valence-corrected chi connectivity index (χ1v) is 9.97. The number of aliphatic imine (C=N–C) groups is 1. The highest BCUT2D eigenvalue weighted by atomic mass is 127. The summed E-state index contributed by atoms with van der Waals surface area (Å²) in [5.41, 5.74) is -0.824. The van der Waals surface area contributed by atoms with Gasteiger partial charge in [0.2, 0.25) is 0 Å². The molecule has 0 bridgehead atoms. The predicted octanol–water partition coefficient (Wildman–Crippen LogP) is 2.84. The number of nitrogens with zero attached hydrogens (tertiary/aromatic N) is 3. The third-order valence-electron chi connectivity index (χ3n) is 4.46. The first-order chi connectivity index (χ1) is 12.8. The molecule has 1 aromatic heterocycles. The molecule has 1 saturated heterocycles. The topological polar surface area (TPSA) is 61.8 Å². The molecule has 0 spiro atoms. The van der Waals surface area contributed by atoms with E-state index in [0.717, 1.165) is 49.6 Å². The van der Waals surface area contributed by atoms with Gasteiger partial charge in [0.1, 0.15) is 0 Å². The van der Waals surface area contributed by atoms with Crippen LogP contribution < -0.4 is 10.6 Å². The number of hydrogen-bond donors (Lipinski definition) is 2. The zero-order chi connectivity index (χ0) is 19.9. The van der Waals surface area contributed by atoms with Crippen molar-refractivity contribution in [3.63, 3.8) is 0 Å². The van der Waals surface area contributed by atoms with Crippen LogP contribution in [0.1, 0.15) is 24.5 Å².